The maximum absolute atomic E-state index is 4.94. The van der Waals surface area contributed by atoms with Crippen LogP contribution in [-0.2, 0) is 4.84 Å². The summed E-state index contributed by atoms with van der Waals surface area (Å²) >= 11 is 0. The van der Waals surface area contributed by atoms with E-state index in [9.17, 15) is 0 Å². The minimum Gasteiger partial charge on any atom is -0.286 e. The summed E-state index contributed by atoms with van der Waals surface area (Å²) in [7, 11) is 3.86. The van der Waals surface area contributed by atoms with Crippen LogP contribution in [0.3, 0.4) is 0 Å². The molecule has 0 fully saturated rings. The van der Waals surface area contributed by atoms with Crippen molar-refractivity contribution in [2.45, 2.75) is 19.6 Å². The molecule has 0 aliphatic carbocycles. The van der Waals surface area contributed by atoms with Crippen LogP contribution in [0, 0.1) is 0 Å². The second-order valence-corrected chi connectivity index (χ2v) is 1.96. The lowest BCUT2D eigenvalue weighted by atomic mass is 10.4. The Bertz CT molecular complexity index is 56.9. The van der Waals surface area contributed by atoms with Gasteiger partial charge in [0.2, 0.25) is 0 Å². The Labute approximate surface area is 62.5 Å². The highest BCUT2D eigenvalue weighted by atomic mass is 35.5. The first kappa shape index (κ1) is 11.9. The van der Waals surface area contributed by atoms with E-state index in [0.717, 1.165) is 6.42 Å². The van der Waals surface area contributed by atoms with E-state index in [1.807, 2.05) is 25.9 Å². The summed E-state index contributed by atoms with van der Waals surface area (Å²) in [5.41, 5.74) is 0. The zero-order chi connectivity index (χ0) is 6.57. The molecule has 4 heteroatoms. The summed E-state index contributed by atoms with van der Waals surface area (Å²) < 4.78 is 0. The summed E-state index contributed by atoms with van der Waals surface area (Å²) in [5.74, 6) is 4.94. The summed E-state index contributed by atoms with van der Waals surface area (Å²) in [6.45, 7) is 2.03. The molecule has 0 saturated heterocycles. The smallest absolute Gasteiger partial charge is 0.131 e. The third-order valence-corrected chi connectivity index (χ3v) is 1.08. The highest BCUT2D eigenvalue weighted by molar-refractivity contribution is 5.85. The lowest BCUT2D eigenvalue weighted by molar-refractivity contribution is -0.0396. The predicted octanol–water partition coefficient (Wildman–Crippen LogP) is 0.596. The van der Waals surface area contributed by atoms with Crippen LogP contribution in [0.2, 0.25) is 0 Å². The Morgan fingerprint density at radius 3 is 2.00 bits per heavy atom. The van der Waals surface area contributed by atoms with E-state index in [0.29, 0.717) is 0 Å². The Kier molecular flexibility index (Phi) is 8.32. The fourth-order valence-electron chi connectivity index (χ4n) is 0.583. The number of hydrogen-bond donors (Lipinski definition) is 1. The molecule has 0 spiro atoms. The normalized spacial score (nSPS) is 13.0. The second-order valence-electron chi connectivity index (χ2n) is 1.96. The third kappa shape index (κ3) is 4.66. The van der Waals surface area contributed by atoms with Crippen LogP contribution in [0.5, 0.6) is 0 Å². The van der Waals surface area contributed by atoms with Gasteiger partial charge in [0.05, 0.1) is 0 Å². The molecule has 2 N–H and O–H groups in total. The molecular formula is C5H15ClN2O. The van der Waals surface area contributed by atoms with Gasteiger partial charge < -0.3 is 0 Å². The first-order valence-corrected chi connectivity index (χ1v) is 2.74. The number of nitrogens with two attached hydrogens (primary N) is 1. The van der Waals surface area contributed by atoms with Crippen LogP contribution in [0.4, 0.5) is 0 Å². The van der Waals surface area contributed by atoms with Crippen molar-refractivity contribution < 1.29 is 4.84 Å². The molecule has 1 atom stereocenters. The number of halogens is 1. The van der Waals surface area contributed by atoms with Crippen molar-refractivity contribution in [3.05, 3.63) is 0 Å². The van der Waals surface area contributed by atoms with E-state index in [4.69, 9.17) is 5.90 Å². The molecular weight excluding hydrogens is 140 g/mol. The van der Waals surface area contributed by atoms with E-state index in [1.54, 1.807) is 0 Å². The van der Waals surface area contributed by atoms with E-state index in [-0.39, 0.29) is 18.6 Å². The van der Waals surface area contributed by atoms with Crippen molar-refractivity contribution in [2.24, 2.45) is 5.90 Å². The lowest BCUT2D eigenvalue weighted by Crippen LogP contribution is -2.32. The molecule has 3 nitrogen and oxygen atoms in total. The van der Waals surface area contributed by atoms with Crippen molar-refractivity contribution in [3.8, 4) is 0 Å². The van der Waals surface area contributed by atoms with E-state index >= 15 is 0 Å². The topological polar surface area (TPSA) is 38.5 Å². The first-order valence-electron chi connectivity index (χ1n) is 2.74. The average molecular weight is 155 g/mol. The SMILES string of the molecule is CCC(ON)N(C)C.Cl. The molecule has 0 aliphatic rings. The van der Waals surface area contributed by atoms with Crippen molar-refractivity contribution in [3.63, 3.8) is 0 Å². The maximum atomic E-state index is 4.94. The molecule has 1 unspecified atom stereocenters. The highest BCUT2D eigenvalue weighted by Gasteiger charge is 2.04. The Balaban J connectivity index is 0. The highest BCUT2D eigenvalue weighted by Crippen LogP contribution is 1.95. The molecule has 0 rings (SSSR count). The maximum Gasteiger partial charge on any atom is 0.131 e. The standard InChI is InChI=1S/C5H14N2O.ClH/c1-4-5(8-6)7(2)3;/h5H,4,6H2,1-3H3;1H. The average Bonchev–Trinajstić information content (AvgIpc) is 1.69. The molecule has 0 saturated carbocycles. The summed E-state index contributed by atoms with van der Waals surface area (Å²) in [6, 6.07) is 0. The molecule has 0 aromatic rings. The Morgan fingerprint density at radius 1 is 1.56 bits per heavy atom. The van der Waals surface area contributed by atoms with Gasteiger partial charge in [0, 0.05) is 0 Å². The van der Waals surface area contributed by atoms with Crippen molar-refractivity contribution in [1.82, 2.24) is 4.90 Å². The van der Waals surface area contributed by atoms with E-state index in [1.165, 1.54) is 0 Å². The van der Waals surface area contributed by atoms with Gasteiger partial charge in [0.25, 0.3) is 0 Å². The number of hydrogen-bond acceptors (Lipinski definition) is 3. The minimum atomic E-state index is 0. The Morgan fingerprint density at radius 2 is 2.00 bits per heavy atom. The van der Waals surface area contributed by atoms with Crippen LogP contribution in [0.1, 0.15) is 13.3 Å². The van der Waals surface area contributed by atoms with Crippen molar-refractivity contribution in [2.75, 3.05) is 14.1 Å². The van der Waals surface area contributed by atoms with Crippen LogP contribution in [-0.4, -0.2) is 25.2 Å². The molecule has 9 heavy (non-hydrogen) atoms. The molecule has 0 radical (unpaired) electrons. The predicted molar refractivity (Wildman–Crippen MR) is 40.3 cm³/mol. The quantitative estimate of drug-likeness (QED) is 0.478. The van der Waals surface area contributed by atoms with Crippen LogP contribution < -0.4 is 5.90 Å². The van der Waals surface area contributed by atoms with Crippen LogP contribution >= 0.6 is 12.4 Å². The zero-order valence-electron chi connectivity index (χ0n) is 6.13. The molecule has 0 amide bonds. The fraction of sp³-hybridized carbons (Fsp3) is 1.00. The third-order valence-electron chi connectivity index (χ3n) is 1.08. The first-order chi connectivity index (χ1) is 3.72. The van der Waals surface area contributed by atoms with Crippen LogP contribution in [0.25, 0.3) is 0 Å². The van der Waals surface area contributed by atoms with Gasteiger partial charge in [-0.05, 0) is 20.5 Å². The summed E-state index contributed by atoms with van der Waals surface area (Å²) in [6.07, 6.45) is 0.985. The molecule has 0 aromatic heterocycles. The number of rotatable bonds is 3. The summed E-state index contributed by atoms with van der Waals surface area (Å²) in [4.78, 5) is 6.52. The molecule has 0 aliphatic heterocycles. The van der Waals surface area contributed by atoms with Crippen molar-refractivity contribution in [1.29, 1.82) is 0 Å². The van der Waals surface area contributed by atoms with E-state index < -0.39 is 0 Å². The summed E-state index contributed by atoms with van der Waals surface area (Å²) in [5, 5.41) is 0. The van der Waals surface area contributed by atoms with Gasteiger partial charge >= 0.3 is 0 Å². The van der Waals surface area contributed by atoms with Gasteiger partial charge in [-0.2, -0.15) is 0 Å². The van der Waals surface area contributed by atoms with Gasteiger partial charge in [-0.1, -0.05) is 6.92 Å². The molecule has 58 valence electrons. The minimum absolute atomic E-state index is 0. The van der Waals surface area contributed by atoms with Gasteiger partial charge in [0.1, 0.15) is 6.23 Å². The van der Waals surface area contributed by atoms with Gasteiger partial charge in [-0.25, -0.2) is 5.90 Å². The van der Waals surface area contributed by atoms with Gasteiger partial charge in [-0.15, -0.1) is 12.4 Å². The monoisotopic (exact) mass is 154 g/mol. The van der Waals surface area contributed by atoms with Crippen molar-refractivity contribution >= 4 is 12.4 Å². The van der Waals surface area contributed by atoms with E-state index in [2.05, 4.69) is 4.84 Å². The van der Waals surface area contributed by atoms with Crippen LogP contribution in [0.15, 0.2) is 0 Å². The second kappa shape index (κ2) is 6.29. The van der Waals surface area contributed by atoms with Gasteiger partial charge in [-0.3, -0.25) is 9.74 Å². The lowest BCUT2D eigenvalue weighted by Gasteiger charge is -2.19. The molecule has 0 heterocycles. The van der Waals surface area contributed by atoms with Gasteiger partial charge in [0.15, 0.2) is 0 Å². The Hall–Kier alpha value is 0.170. The fourth-order valence-corrected chi connectivity index (χ4v) is 0.583. The molecule has 0 aromatic carbocycles. The number of nitrogens with zero attached hydrogens (tertiary/aromatic N) is 1. The largest absolute Gasteiger partial charge is 0.286 e. The zero-order valence-corrected chi connectivity index (χ0v) is 6.94. The molecule has 0 bridgehead atoms.